The first-order chi connectivity index (χ1) is 14.1. The Morgan fingerprint density at radius 1 is 0.710 bits per heavy atom. The van der Waals surface area contributed by atoms with E-state index < -0.39 is 46.4 Å². The quantitative estimate of drug-likeness (QED) is 0.293. The van der Waals surface area contributed by atoms with Crippen LogP contribution in [-0.2, 0) is 32.5 Å². The van der Waals surface area contributed by atoms with Crippen LogP contribution in [0.3, 0.4) is 0 Å². The molecule has 0 heterocycles. The van der Waals surface area contributed by atoms with Crippen LogP contribution in [0.4, 0.5) is 0 Å². The monoisotopic (exact) mass is 596 g/mol. The van der Waals surface area contributed by atoms with Crippen LogP contribution in [-0.4, -0.2) is 22.2 Å². The van der Waals surface area contributed by atoms with Crippen LogP contribution in [0.2, 0.25) is 0 Å². The van der Waals surface area contributed by atoms with Crippen molar-refractivity contribution in [3.8, 4) is 0 Å². The van der Waals surface area contributed by atoms with E-state index in [2.05, 4.69) is 68.5 Å². The van der Waals surface area contributed by atoms with E-state index >= 15 is 0 Å². The van der Waals surface area contributed by atoms with Crippen LogP contribution >= 0.6 is 0 Å². The Hall–Kier alpha value is -2.15. The molecule has 0 spiro atoms. The molecule has 0 aliphatic heterocycles. The van der Waals surface area contributed by atoms with E-state index in [4.69, 9.17) is 10.2 Å². The number of aliphatic hydroxyl groups excluding tert-OH is 2. The average molecular weight is 595 g/mol. The molecule has 0 radical (unpaired) electrons. The van der Waals surface area contributed by atoms with E-state index in [1.54, 1.807) is 33.4 Å². The van der Waals surface area contributed by atoms with Gasteiger partial charge in [0, 0.05) is 0 Å². The van der Waals surface area contributed by atoms with Gasteiger partial charge in [0.05, 0.1) is 0 Å². The Morgan fingerprint density at radius 3 is 1.06 bits per heavy atom. The molecule has 0 saturated carbocycles. The topological polar surface area (TPSA) is 121 Å². The van der Waals surface area contributed by atoms with Crippen molar-refractivity contribution >= 4 is 11.9 Å². The first-order valence-electron chi connectivity index (χ1n) is 9.78. The zero-order chi connectivity index (χ0) is 24.8. The minimum atomic E-state index is -1.63. The maximum absolute atomic E-state index is 9.24. The maximum atomic E-state index is 9.24. The van der Waals surface area contributed by atoms with Crippen molar-refractivity contribution in [2.75, 3.05) is 0 Å². The van der Waals surface area contributed by atoms with Crippen molar-refractivity contribution in [2.45, 2.75) is 55.4 Å². The molecule has 2 N–H and O–H groups in total. The van der Waals surface area contributed by atoms with Crippen LogP contribution in [0, 0.1) is 11.8 Å². The molecule has 31 heavy (non-hydrogen) atoms. The zero-order valence-electron chi connectivity index (χ0n) is 19.6. The minimum absolute atomic E-state index is 0.719. The summed E-state index contributed by atoms with van der Waals surface area (Å²) in [4.78, 5) is 18.5. The molecule has 2 unspecified atom stereocenters. The summed E-state index contributed by atoms with van der Waals surface area (Å²) >= 11 is -0.856. The van der Waals surface area contributed by atoms with E-state index in [-0.39, 0.29) is 0 Å². The number of carbonyl (C=O) groups excluding carboxylic acids is 2. The van der Waals surface area contributed by atoms with Gasteiger partial charge in [0.25, 0.3) is 0 Å². The molecule has 6 nitrogen and oxygen atoms in total. The van der Waals surface area contributed by atoms with Gasteiger partial charge in [0.2, 0.25) is 0 Å². The fourth-order valence-electron chi connectivity index (χ4n) is 3.28. The Balaban J connectivity index is 0.000000620. The fraction of sp³-hybridized carbons (Fsp3) is 0.417. The van der Waals surface area contributed by atoms with Crippen molar-refractivity contribution in [3.05, 3.63) is 64.8 Å². The molecule has 0 aromatic carbocycles. The number of aliphatic carboxylic acids is 2. The molecular weight excluding hydrogens is 563 g/mol. The Labute approximate surface area is 196 Å². The van der Waals surface area contributed by atoms with Crippen molar-refractivity contribution < 1.29 is 52.9 Å². The molecule has 2 aliphatic rings. The molecule has 168 valence electrons. The summed E-state index contributed by atoms with van der Waals surface area (Å²) in [6.07, 6.45) is 0. The second kappa shape index (κ2) is 12.0. The van der Waals surface area contributed by atoms with Crippen LogP contribution in [0.15, 0.2) is 64.8 Å². The number of aliphatic hydroxyl groups is 2. The number of hydrogen-bond acceptors (Lipinski definition) is 6. The molecule has 2 atom stereocenters. The summed E-state index contributed by atoms with van der Waals surface area (Å²) < 4.78 is 3.69. The van der Waals surface area contributed by atoms with E-state index in [1.165, 1.54) is 0 Å². The standard InChI is InChI=1S/2C9H13.2C3H4O3.Hf/c2*1-6-5-7(2)9(4)8(6)3;2*1-2(4)3(5)6;/h2*6H,1-4H3;2*4H,1H2,(H,5,6);/q;;;;+2/p-2. The fourth-order valence-corrected chi connectivity index (χ4v) is 10.1. The third kappa shape index (κ3) is 7.49. The summed E-state index contributed by atoms with van der Waals surface area (Å²) in [5.74, 6) is -3.69. The third-order valence-electron chi connectivity index (χ3n) is 6.02. The number of hydrogen-bond donors (Lipinski definition) is 2. The Bertz CT molecular complexity index is 816. The van der Waals surface area contributed by atoms with Gasteiger partial charge in [-0.25, -0.2) is 0 Å². The van der Waals surface area contributed by atoms with Gasteiger partial charge in [-0.2, -0.15) is 0 Å². The molecule has 2 rings (SSSR count). The number of allylic oxidation sites excluding steroid dienone is 8. The molecule has 0 saturated heterocycles. The van der Waals surface area contributed by atoms with Gasteiger partial charge < -0.3 is 30.0 Å². The van der Waals surface area contributed by atoms with Gasteiger partial charge in [-0.1, -0.05) is 13.2 Å². The van der Waals surface area contributed by atoms with Crippen LogP contribution < -0.4 is 10.2 Å². The van der Waals surface area contributed by atoms with Crippen molar-refractivity contribution in [2.24, 2.45) is 11.8 Å². The zero-order valence-corrected chi connectivity index (χ0v) is 23.2. The van der Waals surface area contributed by atoms with Gasteiger partial charge in [-0.3, -0.25) is 0 Å². The first-order valence-corrected chi connectivity index (χ1v) is 13.4. The van der Waals surface area contributed by atoms with E-state index in [0.29, 0.717) is 0 Å². The molecule has 0 amide bonds. The number of carboxylic acid groups (broad SMARTS) is 2. The molecule has 0 bridgehead atoms. The molecular formula is C24H32HfO6. The Morgan fingerprint density at radius 2 is 0.935 bits per heavy atom. The predicted octanol–water partition coefficient (Wildman–Crippen LogP) is 3.21. The number of carboxylic acids is 2. The van der Waals surface area contributed by atoms with Crippen LogP contribution in [0.5, 0.6) is 0 Å². The summed E-state index contributed by atoms with van der Waals surface area (Å²) in [7, 11) is 0. The third-order valence-corrected chi connectivity index (χ3v) is 13.8. The van der Waals surface area contributed by atoms with Gasteiger partial charge >= 0.3 is 130 Å². The average Bonchev–Trinajstić information content (AvgIpc) is 2.98. The predicted molar refractivity (Wildman–Crippen MR) is 114 cm³/mol. The van der Waals surface area contributed by atoms with Gasteiger partial charge in [0.1, 0.15) is 23.5 Å². The SMILES string of the molecule is C=C(O)C(=O)[O-].C=C(O)C(=O)[O-].CC1=C(C)C(C)[C]([Hf+2][C]2=C(C)C(C)=C(C)C2C)=C1C. The van der Waals surface area contributed by atoms with Crippen molar-refractivity contribution in [1.82, 2.24) is 0 Å². The normalized spacial score (nSPS) is 20.0. The van der Waals surface area contributed by atoms with Crippen LogP contribution in [0.1, 0.15) is 55.4 Å². The summed E-state index contributed by atoms with van der Waals surface area (Å²) in [5, 5.41) is 34.0. The molecule has 0 fully saturated rings. The van der Waals surface area contributed by atoms with E-state index in [0.717, 1.165) is 11.8 Å². The number of rotatable bonds is 4. The molecule has 2 aliphatic carbocycles. The Kier molecular flexibility index (Phi) is 11.2. The van der Waals surface area contributed by atoms with Gasteiger partial charge in [0.15, 0.2) is 0 Å². The first kappa shape index (κ1) is 28.9. The summed E-state index contributed by atoms with van der Waals surface area (Å²) in [6, 6.07) is 0. The van der Waals surface area contributed by atoms with Crippen molar-refractivity contribution in [1.29, 1.82) is 0 Å². The number of carbonyl (C=O) groups is 2. The van der Waals surface area contributed by atoms with Gasteiger partial charge in [-0.15, -0.1) is 0 Å². The second-order valence-electron chi connectivity index (χ2n) is 7.73. The van der Waals surface area contributed by atoms with E-state index in [9.17, 15) is 19.8 Å². The second-order valence-corrected chi connectivity index (χ2v) is 12.5. The van der Waals surface area contributed by atoms with E-state index in [1.807, 2.05) is 6.66 Å². The molecule has 0 aromatic heterocycles. The summed E-state index contributed by atoms with van der Waals surface area (Å²) in [6.45, 7) is 24.1. The van der Waals surface area contributed by atoms with Crippen molar-refractivity contribution in [3.63, 3.8) is 0 Å². The molecule has 7 heteroatoms. The van der Waals surface area contributed by atoms with Crippen LogP contribution in [0.25, 0.3) is 0 Å². The summed E-state index contributed by atoms with van der Waals surface area (Å²) in [5.41, 5.74) is 9.63. The molecule has 0 aromatic rings. The van der Waals surface area contributed by atoms with Gasteiger partial charge in [-0.05, 0) is 0 Å².